The van der Waals surface area contributed by atoms with Crippen molar-refractivity contribution < 1.29 is 4.79 Å². The predicted octanol–water partition coefficient (Wildman–Crippen LogP) is 2.51. The van der Waals surface area contributed by atoms with E-state index in [1.54, 1.807) is 11.3 Å². The molecule has 0 N–H and O–H groups in total. The predicted molar refractivity (Wildman–Crippen MR) is 111 cm³/mol. The monoisotopic (exact) mass is 405 g/mol. The van der Waals surface area contributed by atoms with Crippen LogP contribution in [-0.4, -0.2) is 80.1 Å². The highest BCUT2D eigenvalue weighted by molar-refractivity contribution is 7.13. The average Bonchev–Trinajstić information content (AvgIpc) is 3.19. The molecule has 2 saturated heterocycles. The van der Waals surface area contributed by atoms with Gasteiger partial charge in [-0.3, -0.25) is 4.79 Å². The van der Waals surface area contributed by atoms with Crippen molar-refractivity contribution in [1.82, 2.24) is 14.8 Å². The zero-order valence-corrected chi connectivity index (χ0v) is 17.0. The van der Waals surface area contributed by atoms with Gasteiger partial charge in [-0.05, 0) is 31.3 Å². The van der Waals surface area contributed by atoms with Crippen LogP contribution in [-0.2, 0) is 0 Å². The summed E-state index contributed by atoms with van der Waals surface area (Å²) in [6, 6.07) is 7.99. The van der Waals surface area contributed by atoms with E-state index in [4.69, 9.17) is 11.6 Å². The summed E-state index contributed by atoms with van der Waals surface area (Å²) >= 11 is 7.55. The van der Waals surface area contributed by atoms with Gasteiger partial charge in [0, 0.05) is 68.4 Å². The second kappa shape index (κ2) is 8.04. The lowest BCUT2D eigenvalue weighted by molar-refractivity contribution is 0.0659. The van der Waals surface area contributed by atoms with Crippen molar-refractivity contribution in [3.63, 3.8) is 0 Å². The van der Waals surface area contributed by atoms with Crippen molar-refractivity contribution in [2.45, 2.75) is 0 Å². The van der Waals surface area contributed by atoms with E-state index < -0.39 is 0 Å². The fraction of sp³-hybridized carbons (Fsp3) is 0.474. The fourth-order valence-corrected chi connectivity index (χ4v) is 4.47. The summed E-state index contributed by atoms with van der Waals surface area (Å²) < 4.78 is 0. The van der Waals surface area contributed by atoms with E-state index in [0.717, 1.165) is 62.5 Å². The lowest BCUT2D eigenvalue weighted by atomic mass is 10.2. The average molecular weight is 406 g/mol. The number of carbonyl (C=O) groups excluding carboxylic acids is 1. The zero-order valence-electron chi connectivity index (χ0n) is 15.5. The molecule has 2 aromatic rings. The first-order valence-electron chi connectivity index (χ1n) is 9.29. The van der Waals surface area contributed by atoms with Crippen molar-refractivity contribution >= 4 is 39.7 Å². The molecule has 27 heavy (non-hydrogen) atoms. The Morgan fingerprint density at radius 2 is 1.59 bits per heavy atom. The minimum Gasteiger partial charge on any atom is -0.368 e. The fourth-order valence-electron chi connectivity index (χ4n) is 3.49. The lowest BCUT2D eigenvalue weighted by Crippen LogP contribution is -2.47. The molecule has 0 spiro atoms. The van der Waals surface area contributed by atoms with Gasteiger partial charge in [-0.1, -0.05) is 11.6 Å². The lowest BCUT2D eigenvalue weighted by Gasteiger charge is -2.36. The molecule has 2 aliphatic heterocycles. The van der Waals surface area contributed by atoms with Gasteiger partial charge in [0.15, 0.2) is 5.13 Å². The van der Waals surface area contributed by atoms with Gasteiger partial charge in [-0.15, -0.1) is 11.3 Å². The van der Waals surface area contributed by atoms with Crippen LogP contribution in [0.2, 0.25) is 5.02 Å². The Kier molecular flexibility index (Phi) is 5.52. The van der Waals surface area contributed by atoms with Crippen LogP contribution in [0.3, 0.4) is 0 Å². The minimum atomic E-state index is 0.0606. The second-order valence-corrected chi connectivity index (χ2v) is 8.33. The molecule has 3 heterocycles. The molecule has 0 bridgehead atoms. The normalized spacial score (nSPS) is 18.8. The van der Waals surface area contributed by atoms with Crippen LogP contribution in [0.25, 0.3) is 0 Å². The highest BCUT2D eigenvalue weighted by atomic mass is 35.5. The number of amides is 1. The van der Waals surface area contributed by atoms with Crippen molar-refractivity contribution in [1.29, 1.82) is 0 Å². The van der Waals surface area contributed by atoms with Crippen LogP contribution in [0.4, 0.5) is 10.8 Å². The number of rotatable bonds is 3. The molecule has 1 aromatic heterocycles. The van der Waals surface area contributed by atoms with Crippen molar-refractivity contribution in [2.24, 2.45) is 0 Å². The summed E-state index contributed by atoms with van der Waals surface area (Å²) in [5, 5.41) is 3.61. The molecule has 0 atom stereocenters. The third kappa shape index (κ3) is 4.20. The van der Waals surface area contributed by atoms with Gasteiger partial charge in [0.2, 0.25) is 0 Å². The molecule has 8 heteroatoms. The number of piperazine rings is 2. The van der Waals surface area contributed by atoms with E-state index in [-0.39, 0.29) is 5.91 Å². The summed E-state index contributed by atoms with van der Waals surface area (Å²) in [4.78, 5) is 26.1. The van der Waals surface area contributed by atoms with Crippen LogP contribution in [0.1, 0.15) is 10.5 Å². The Bertz CT molecular complexity index is 780. The molecule has 0 aliphatic carbocycles. The first kappa shape index (κ1) is 18.5. The van der Waals surface area contributed by atoms with Crippen molar-refractivity contribution in [3.8, 4) is 0 Å². The first-order valence-corrected chi connectivity index (χ1v) is 10.5. The van der Waals surface area contributed by atoms with Gasteiger partial charge < -0.3 is 19.6 Å². The number of benzene rings is 1. The van der Waals surface area contributed by atoms with Crippen molar-refractivity contribution in [2.75, 3.05) is 69.2 Å². The molecule has 0 radical (unpaired) electrons. The maximum atomic E-state index is 12.7. The molecule has 1 amide bonds. The summed E-state index contributed by atoms with van der Waals surface area (Å²) in [6.45, 7) is 7.08. The molecule has 2 aliphatic rings. The second-order valence-electron chi connectivity index (χ2n) is 7.06. The molecule has 144 valence electrons. The SMILES string of the molecule is CN1CCN(C(=O)c2csc(N3CCN(c4ccc(Cl)cc4)CC3)n2)CC1. The number of likely N-dealkylation sites (N-methyl/N-ethyl adjacent to an activating group) is 1. The third-order valence-electron chi connectivity index (χ3n) is 5.24. The number of anilines is 2. The van der Waals surface area contributed by atoms with E-state index >= 15 is 0 Å². The molecule has 2 fully saturated rings. The summed E-state index contributed by atoms with van der Waals surface area (Å²) in [5.74, 6) is 0.0606. The highest BCUT2D eigenvalue weighted by Crippen LogP contribution is 2.25. The van der Waals surface area contributed by atoms with E-state index in [2.05, 4.69) is 38.9 Å². The molecule has 4 rings (SSSR count). The van der Waals surface area contributed by atoms with Gasteiger partial charge >= 0.3 is 0 Å². The van der Waals surface area contributed by atoms with Crippen LogP contribution in [0, 0.1) is 0 Å². The smallest absolute Gasteiger partial charge is 0.273 e. The van der Waals surface area contributed by atoms with Gasteiger partial charge in [-0.2, -0.15) is 0 Å². The quantitative estimate of drug-likeness (QED) is 0.785. The van der Waals surface area contributed by atoms with Crippen LogP contribution < -0.4 is 9.80 Å². The molecule has 0 saturated carbocycles. The standard InChI is InChI=1S/C19H24ClN5OS/c1-22-6-8-24(9-7-22)18(26)17-14-27-19(21-17)25-12-10-23(11-13-25)16-4-2-15(20)3-5-16/h2-5,14H,6-13H2,1H3. The molecule has 6 nitrogen and oxygen atoms in total. The Morgan fingerprint density at radius 1 is 0.963 bits per heavy atom. The number of thiazole rings is 1. The summed E-state index contributed by atoms with van der Waals surface area (Å²) in [5.41, 5.74) is 1.78. The first-order chi connectivity index (χ1) is 13.1. The maximum Gasteiger partial charge on any atom is 0.273 e. The number of hydrogen-bond acceptors (Lipinski definition) is 6. The number of aromatic nitrogens is 1. The number of nitrogens with zero attached hydrogens (tertiary/aromatic N) is 5. The van der Waals surface area contributed by atoms with Gasteiger partial charge in [-0.25, -0.2) is 4.98 Å². The van der Waals surface area contributed by atoms with E-state index in [1.165, 1.54) is 5.69 Å². The Hall–Kier alpha value is -1.83. The third-order valence-corrected chi connectivity index (χ3v) is 6.40. The summed E-state index contributed by atoms with van der Waals surface area (Å²) in [6.07, 6.45) is 0. The number of halogens is 1. The van der Waals surface area contributed by atoms with Crippen molar-refractivity contribution in [3.05, 3.63) is 40.4 Å². The number of carbonyl (C=O) groups is 1. The van der Waals surface area contributed by atoms with E-state index in [0.29, 0.717) is 5.69 Å². The highest BCUT2D eigenvalue weighted by Gasteiger charge is 2.25. The molecule has 0 unspecified atom stereocenters. The van der Waals surface area contributed by atoms with Crippen LogP contribution in [0.15, 0.2) is 29.6 Å². The largest absolute Gasteiger partial charge is 0.368 e. The van der Waals surface area contributed by atoms with Crippen LogP contribution >= 0.6 is 22.9 Å². The maximum absolute atomic E-state index is 12.7. The van der Waals surface area contributed by atoms with Gasteiger partial charge in [0.25, 0.3) is 5.91 Å². The van der Waals surface area contributed by atoms with Gasteiger partial charge in [0.05, 0.1) is 0 Å². The Morgan fingerprint density at radius 3 is 2.26 bits per heavy atom. The minimum absolute atomic E-state index is 0.0606. The molecular formula is C19H24ClN5OS. The van der Waals surface area contributed by atoms with Crippen LogP contribution in [0.5, 0.6) is 0 Å². The van der Waals surface area contributed by atoms with Gasteiger partial charge in [0.1, 0.15) is 5.69 Å². The zero-order chi connectivity index (χ0) is 18.8. The molecular weight excluding hydrogens is 382 g/mol. The van der Waals surface area contributed by atoms with E-state index in [1.807, 2.05) is 22.4 Å². The Labute approximate surface area is 168 Å². The topological polar surface area (TPSA) is 42.9 Å². The summed E-state index contributed by atoms with van der Waals surface area (Å²) in [7, 11) is 2.09. The van der Waals surface area contributed by atoms with E-state index in [9.17, 15) is 4.79 Å². The molecule has 1 aromatic carbocycles. The number of hydrogen-bond donors (Lipinski definition) is 0. The Balaban J connectivity index is 1.35.